The van der Waals surface area contributed by atoms with Crippen LogP contribution in [-0.2, 0) is 21.7 Å². The molecule has 4 aliphatic heterocycles. The number of para-hydroxylation sites is 7. The Morgan fingerprint density at radius 3 is 1.12 bits per heavy atom. The summed E-state index contributed by atoms with van der Waals surface area (Å²) in [5.74, 6) is 1.73. The second-order valence-corrected chi connectivity index (χ2v) is 30.2. The number of anilines is 15. The molecule has 0 bridgehead atoms. The lowest BCUT2D eigenvalue weighted by molar-refractivity contribution is 0.332. The molecule has 12 aromatic carbocycles. The number of hydrogen-bond donors (Lipinski definition) is 0. The molecular weight excluding hydrogens is 1160 g/mol. The number of benzene rings is 12. The standard InChI is InChI=1S/C88H77B2N5O/c1-85(2)45-46-86(3,4)68-49-64(43-44-67(68)85)95-75-55-70-69(87(5,6)47-48-88(70,7)8)54-72(75)90-74-56-73-76(57-77(74)93(62-37-23-13-24-38-62)78-50-65(51-79(95)83(78)90)91(58-29-15-9-16-30-58)59-31-17-10-18-32-59)94(63-39-25-14-26-40-63)80-52-66(53-82-84(80)89(73)71-41-27-28-42-81(71)96-82)92(60-33-19-11-20-34-60)61-35-21-12-22-36-61/h9-44,49-57H,45-48H2,1-8H3. The van der Waals surface area contributed by atoms with Crippen molar-refractivity contribution in [3.05, 3.63) is 295 Å². The van der Waals surface area contributed by atoms with Crippen LogP contribution in [0.5, 0.6) is 11.5 Å². The van der Waals surface area contributed by atoms with Crippen molar-refractivity contribution < 1.29 is 4.74 Å². The zero-order valence-corrected chi connectivity index (χ0v) is 56.1. The van der Waals surface area contributed by atoms with E-state index in [0.717, 1.165) is 116 Å². The predicted octanol–water partition coefficient (Wildman–Crippen LogP) is 19.8. The molecule has 0 fully saturated rings. The minimum absolute atomic E-state index is 0.0235. The second kappa shape index (κ2) is 21.5. The first-order valence-corrected chi connectivity index (χ1v) is 34.6. The molecule has 96 heavy (non-hydrogen) atoms. The van der Waals surface area contributed by atoms with E-state index in [2.05, 4.69) is 353 Å². The normalized spacial score (nSPS) is 16.5. The molecule has 0 amide bonds. The van der Waals surface area contributed by atoms with Crippen molar-refractivity contribution in [1.29, 1.82) is 0 Å². The van der Waals surface area contributed by atoms with Crippen molar-refractivity contribution in [3.8, 4) is 11.5 Å². The first kappa shape index (κ1) is 58.2. The molecule has 6 aliphatic rings. The average molecular weight is 1240 g/mol. The Labute approximate surface area is 566 Å². The van der Waals surface area contributed by atoms with Gasteiger partial charge in [0.1, 0.15) is 11.5 Å². The number of rotatable bonds is 9. The van der Waals surface area contributed by atoms with Gasteiger partial charge in [-0.05, 0) is 224 Å². The van der Waals surface area contributed by atoms with Gasteiger partial charge >= 0.3 is 0 Å². The van der Waals surface area contributed by atoms with Gasteiger partial charge in [0, 0.05) is 80.0 Å². The van der Waals surface area contributed by atoms with Crippen LogP contribution >= 0.6 is 0 Å². The Bertz CT molecular complexity index is 5000. The van der Waals surface area contributed by atoms with Gasteiger partial charge in [-0.1, -0.05) is 201 Å². The van der Waals surface area contributed by atoms with Gasteiger partial charge in [0.15, 0.2) is 0 Å². The van der Waals surface area contributed by atoms with Gasteiger partial charge in [0.05, 0.1) is 11.4 Å². The molecule has 4 heterocycles. The molecule has 0 saturated carbocycles. The number of hydrogen-bond acceptors (Lipinski definition) is 6. The van der Waals surface area contributed by atoms with E-state index in [4.69, 9.17) is 4.74 Å². The highest BCUT2D eigenvalue weighted by atomic mass is 16.5. The van der Waals surface area contributed by atoms with Crippen LogP contribution in [0, 0.1) is 0 Å². The van der Waals surface area contributed by atoms with Gasteiger partial charge in [0.2, 0.25) is 0 Å². The average Bonchev–Trinajstić information content (AvgIpc) is 0.685. The lowest BCUT2D eigenvalue weighted by atomic mass is 9.30. The van der Waals surface area contributed by atoms with E-state index in [1.807, 2.05) is 0 Å². The fourth-order valence-electron chi connectivity index (χ4n) is 17.4. The van der Waals surface area contributed by atoms with E-state index in [0.29, 0.717) is 0 Å². The predicted molar refractivity (Wildman–Crippen MR) is 406 cm³/mol. The maximum atomic E-state index is 7.36. The molecule has 2 aliphatic carbocycles. The fourth-order valence-corrected chi connectivity index (χ4v) is 17.4. The summed E-state index contributed by atoms with van der Waals surface area (Å²) in [6.07, 6.45) is 4.49. The van der Waals surface area contributed by atoms with Gasteiger partial charge in [-0.25, -0.2) is 0 Å². The molecule has 12 aromatic rings. The monoisotopic (exact) mass is 1240 g/mol. The Hall–Kier alpha value is -10.4. The third-order valence-corrected chi connectivity index (χ3v) is 22.5. The lowest BCUT2D eigenvalue weighted by Crippen LogP contribution is -2.65. The van der Waals surface area contributed by atoms with Crippen molar-refractivity contribution in [2.45, 2.75) is 103 Å². The first-order valence-electron chi connectivity index (χ1n) is 34.6. The second-order valence-electron chi connectivity index (χ2n) is 30.2. The zero-order chi connectivity index (χ0) is 65.0. The van der Waals surface area contributed by atoms with Crippen LogP contribution in [0.2, 0.25) is 0 Å². The summed E-state index contributed by atoms with van der Waals surface area (Å²) in [4.78, 5) is 12.7. The SMILES string of the molecule is CC1(C)CCC(C)(C)c2cc(N3c4cc5c(cc4B4c6cc7c(cc6N(c6ccccc6)c6cc(N(c8ccccc8)c8ccccc8)cc3c64)N(c3ccccc3)c3cc(N(c4ccccc4)c4ccccc4)cc4c3B7c3ccccc3O4)C(C)(C)CCC5(C)C)ccc21. The molecule has 8 heteroatoms. The quantitative estimate of drug-likeness (QED) is 0.134. The van der Waals surface area contributed by atoms with Gasteiger partial charge in [0.25, 0.3) is 13.4 Å². The summed E-state index contributed by atoms with van der Waals surface area (Å²) in [6.45, 7) is 19.5. The van der Waals surface area contributed by atoms with E-state index in [9.17, 15) is 0 Å². The van der Waals surface area contributed by atoms with Crippen LogP contribution in [0.4, 0.5) is 85.3 Å². The third-order valence-electron chi connectivity index (χ3n) is 22.5. The molecular formula is C88H77B2N5O. The maximum Gasteiger partial charge on any atom is 0.256 e. The Morgan fingerprint density at radius 1 is 0.271 bits per heavy atom. The van der Waals surface area contributed by atoms with E-state index in [1.165, 1.54) is 61.2 Å². The van der Waals surface area contributed by atoms with Crippen LogP contribution < -0.4 is 62.0 Å². The van der Waals surface area contributed by atoms with Gasteiger partial charge < -0.3 is 29.2 Å². The Kier molecular flexibility index (Phi) is 13.1. The van der Waals surface area contributed by atoms with Gasteiger partial charge in [-0.2, -0.15) is 0 Å². The summed E-state index contributed by atoms with van der Waals surface area (Å²) in [5, 5.41) is 0. The summed E-state index contributed by atoms with van der Waals surface area (Å²) >= 11 is 0. The number of ether oxygens (including phenoxy) is 1. The molecule has 18 rings (SSSR count). The zero-order valence-electron chi connectivity index (χ0n) is 56.1. The van der Waals surface area contributed by atoms with Crippen LogP contribution in [0.3, 0.4) is 0 Å². The lowest BCUT2D eigenvalue weighted by Gasteiger charge is -2.49. The highest BCUT2D eigenvalue weighted by Gasteiger charge is 2.51. The van der Waals surface area contributed by atoms with E-state index in [-0.39, 0.29) is 35.1 Å². The largest absolute Gasteiger partial charge is 0.458 e. The molecule has 0 radical (unpaired) electrons. The van der Waals surface area contributed by atoms with E-state index < -0.39 is 0 Å². The summed E-state index contributed by atoms with van der Waals surface area (Å²) < 4.78 is 7.36. The molecule has 0 N–H and O–H groups in total. The smallest absolute Gasteiger partial charge is 0.256 e. The summed E-state index contributed by atoms with van der Waals surface area (Å²) in [5.41, 5.74) is 29.9. The van der Waals surface area contributed by atoms with Crippen LogP contribution in [0.25, 0.3) is 0 Å². The van der Waals surface area contributed by atoms with Crippen molar-refractivity contribution in [3.63, 3.8) is 0 Å². The molecule has 6 nitrogen and oxygen atoms in total. The molecule has 0 unspecified atom stereocenters. The van der Waals surface area contributed by atoms with Crippen molar-refractivity contribution in [2.75, 3.05) is 24.5 Å². The van der Waals surface area contributed by atoms with Crippen molar-refractivity contribution in [1.82, 2.24) is 0 Å². The fraction of sp³-hybridized carbons (Fsp3) is 0.182. The minimum Gasteiger partial charge on any atom is -0.458 e. The van der Waals surface area contributed by atoms with E-state index >= 15 is 0 Å². The summed E-state index contributed by atoms with van der Waals surface area (Å²) in [7, 11) is 0. The third kappa shape index (κ3) is 9.00. The van der Waals surface area contributed by atoms with E-state index in [1.54, 1.807) is 0 Å². The minimum atomic E-state index is -0.189. The van der Waals surface area contributed by atoms with Gasteiger partial charge in [-0.15, -0.1) is 0 Å². The molecule has 466 valence electrons. The first-order chi connectivity index (χ1) is 46.6. The van der Waals surface area contributed by atoms with Crippen LogP contribution in [0.15, 0.2) is 273 Å². The Balaban J connectivity index is 0.978. The molecule has 0 aromatic heterocycles. The van der Waals surface area contributed by atoms with Crippen molar-refractivity contribution >= 4 is 132 Å². The highest BCUT2D eigenvalue weighted by Crippen LogP contribution is 2.55. The van der Waals surface area contributed by atoms with Crippen molar-refractivity contribution in [2.24, 2.45) is 0 Å². The molecule has 0 spiro atoms. The maximum absolute atomic E-state index is 7.36. The Morgan fingerprint density at radius 2 is 0.635 bits per heavy atom. The number of fused-ring (bicyclic) bond motifs is 10. The summed E-state index contributed by atoms with van der Waals surface area (Å²) in [6, 6.07) is 103. The number of nitrogens with zero attached hydrogens (tertiary/aromatic N) is 5. The van der Waals surface area contributed by atoms with Gasteiger partial charge in [-0.3, -0.25) is 0 Å². The molecule has 0 atom stereocenters. The van der Waals surface area contributed by atoms with Crippen LogP contribution in [0.1, 0.15) is 103 Å². The highest BCUT2D eigenvalue weighted by molar-refractivity contribution is 7.02. The van der Waals surface area contributed by atoms with Crippen LogP contribution in [-0.4, -0.2) is 13.4 Å². The molecule has 0 saturated heterocycles. The topological polar surface area (TPSA) is 25.4 Å².